The van der Waals surface area contributed by atoms with Crippen LogP contribution in [0.3, 0.4) is 0 Å². The van der Waals surface area contributed by atoms with Gasteiger partial charge < -0.3 is 8.98 Å². The average molecular weight is 793 g/mol. The monoisotopic (exact) mass is 792 g/mol. The van der Waals surface area contributed by atoms with E-state index in [1.165, 1.54) is 5.56 Å². The molecule has 0 saturated carbocycles. The molecule has 0 fully saturated rings. The number of nitrogens with zero attached hydrogens (tertiary/aromatic N) is 4. The minimum atomic E-state index is 0.592. The van der Waals surface area contributed by atoms with Crippen LogP contribution >= 0.6 is 0 Å². The smallest absolute Gasteiger partial charge is 0.164 e. The molecule has 0 amide bonds. The third-order valence-corrected chi connectivity index (χ3v) is 11.9. The van der Waals surface area contributed by atoms with Crippen molar-refractivity contribution in [2.24, 2.45) is 0 Å². The van der Waals surface area contributed by atoms with Crippen molar-refractivity contribution in [2.45, 2.75) is 0 Å². The van der Waals surface area contributed by atoms with Gasteiger partial charge in [-0.2, -0.15) is 0 Å². The van der Waals surface area contributed by atoms with Gasteiger partial charge in [0, 0.05) is 38.5 Å². The Kier molecular flexibility index (Phi) is 8.42. The maximum Gasteiger partial charge on any atom is 0.164 e. The predicted octanol–water partition coefficient (Wildman–Crippen LogP) is 14.9. The van der Waals surface area contributed by atoms with Crippen molar-refractivity contribution in [1.82, 2.24) is 19.5 Å². The van der Waals surface area contributed by atoms with Crippen LogP contribution in [0.25, 0.3) is 117 Å². The molecule has 3 aromatic heterocycles. The molecule has 0 radical (unpaired) electrons. The second kappa shape index (κ2) is 14.7. The minimum absolute atomic E-state index is 0.592. The molecule has 0 N–H and O–H groups in total. The van der Waals surface area contributed by atoms with Crippen molar-refractivity contribution in [3.63, 3.8) is 0 Å². The summed E-state index contributed by atoms with van der Waals surface area (Å²) in [5.41, 5.74) is 14.3. The summed E-state index contributed by atoms with van der Waals surface area (Å²) >= 11 is 0. The van der Waals surface area contributed by atoms with Crippen molar-refractivity contribution in [1.29, 1.82) is 0 Å². The summed E-state index contributed by atoms with van der Waals surface area (Å²) in [6.07, 6.45) is 0. The van der Waals surface area contributed by atoms with Crippen molar-refractivity contribution in [3.05, 3.63) is 218 Å². The van der Waals surface area contributed by atoms with Crippen molar-refractivity contribution in [3.8, 4) is 73.2 Å². The molecule has 0 unspecified atom stereocenters. The molecule has 0 spiro atoms. The second-order valence-electron chi connectivity index (χ2n) is 15.6. The average Bonchev–Trinajstić information content (AvgIpc) is 3.90. The van der Waals surface area contributed by atoms with Crippen LogP contribution in [0.2, 0.25) is 0 Å². The number of para-hydroxylation sites is 2. The molecule has 0 bridgehead atoms. The molecule has 62 heavy (non-hydrogen) atoms. The summed E-state index contributed by atoms with van der Waals surface area (Å²) in [5.74, 6) is 1.82. The fourth-order valence-corrected chi connectivity index (χ4v) is 8.91. The molecule has 9 aromatic carbocycles. The van der Waals surface area contributed by atoms with E-state index in [0.29, 0.717) is 17.5 Å². The van der Waals surface area contributed by atoms with Crippen molar-refractivity contribution >= 4 is 43.7 Å². The van der Waals surface area contributed by atoms with Crippen LogP contribution < -0.4 is 0 Å². The van der Waals surface area contributed by atoms with Crippen LogP contribution in [-0.2, 0) is 0 Å². The first kappa shape index (κ1) is 35.5. The fraction of sp³-hybridized carbons (Fsp3) is 0. The summed E-state index contributed by atoms with van der Waals surface area (Å²) in [7, 11) is 0. The number of fused-ring (bicyclic) bond motifs is 7. The first-order chi connectivity index (χ1) is 30.7. The standard InChI is InChI=1S/C57H36N4O/c1-5-16-37(17-6-1)40-22-15-23-41(34-40)42-28-30-45(49(35-42)57-59-55(38-18-7-2-8-19-38)58-56(60-57)39-20-9-3-10-21-39)43-29-31-46-47-32-33-51-53(54(47)62-52(46)36-43)48-26-13-14-27-50(48)61(51)44-24-11-4-12-25-44/h1-36H. The van der Waals surface area contributed by atoms with Crippen LogP contribution in [-0.4, -0.2) is 19.5 Å². The van der Waals surface area contributed by atoms with E-state index >= 15 is 0 Å². The zero-order valence-corrected chi connectivity index (χ0v) is 33.5. The van der Waals surface area contributed by atoms with Crippen molar-refractivity contribution < 1.29 is 4.42 Å². The molecule has 0 aliphatic carbocycles. The number of benzene rings is 9. The molecule has 3 heterocycles. The Labute approximate surface area is 357 Å². The Hall–Kier alpha value is -8.41. The van der Waals surface area contributed by atoms with Gasteiger partial charge in [-0.05, 0) is 88.0 Å². The predicted molar refractivity (Wildman–Crippen MR) is 254 cm³/mol. The Morgan fingerprint density at radius 3 is 1.58 bits per heavy atom. The van der Waals surface area contributed by atoms with Gasteiger partial charge in [0.2, 0.25) is 0 Å². The first-order valence-corrected chi connectivity index (χ1v) is 20.8. The quantitative estimate of drug-likeness (QED) is 0.161. The molecular weight excluding hydrogens is 757 g/mol. The molecule has 5 heteroatoms. The number of hydrogen-bond donors (Lipinski definition) is 0. The SMILES string of the molecule is c1ccc(-c2cccc(-c3ccc(-c4ccc5c(c4)oc4c5ccc5c4c4ccccc4n5-c4ccccc4)c(-c4nc(-c5ccccc5)nc(-c5ccccc5)n4)c3)c2)cc1. The van der Waals surface area contributed by atoms with Crippen LogP contribution in [0.4, 0.5) is 0 Å². The molecule has 12 aromatic rings. The zero-order chi connectivity index (χ0) is 41.0. The minimum Gasteiger partial charge on any atom is -0.455 e. The van der Waals surface area contributed by atoms with E-state index < -0.39 is 0 Å². The van der Waals surface area contributed by atoms with Gasteiger partial charge in [-0.15, -0.1) is 0 Å². The largest absolute Gasteiger partial charge is 0.455 e. The molecule has 5 nitrogen and oxygen atoms in total. The first-order valence-electron chi connectivity index (χ1n) is 20.8. The van der Waals surface area contributed by atoms with Gasteiger partial charge in [0.1, 0.15) is 11.2 Å². The maximum absolute atomic E-state index is 6.98. The van der Waals surface area contributed by atoms with Gasteiger partial charge in [0.05, 0.1) is 16.4 Å². The lowest BCUT2D eigenvalue weighted by Gasteiger charge is -2.14. The molecule has 0 atom stereocenters. The van der Waals surface area contributed by atoms with E-state index in [4.69, 9.17) is 19.4 Å². The number of aromatic nitrogens is 4. The highest BCUT2D eigenvalue weighted by Gasteiger charge is 2.21. The van der Waals surface area contributed by atoms with Crippen molar-refractivity contribution in [2.75, 3.05) is 0 Å². The highest BCUT2D eigenvalue weighted by Crippen LogP contribution is 2.43. The van der Waals surface area contributed by atoms with E-state index in [1.807, 2.05) is 66.7 Å². The normalized spacial score (nSPS) is 11.5. The third kappa shape index (κ3) is 6.06. The van der Waals surface area contributed by atoms with Gasteiger partial charge in [0.25, 0.3) is 0 Å². The number of hydrogen-bond acceptors (Lipinski definition) is 4. The lowest BCUT2D eigenvalue weighted by Crippen LogP contribution is -2.01. The molecule has 12 rings (SSSR count). The van der Waals surface area contributed by atoms with Gasteiger partial charge in [-0.3, -0.25) is 0 Å². The van der Waals surface area contributed by atoms with Crippen LogP contribution in [0.1, 0.15) is 0 Å². The molecule has 0 aliphatic rings. The summed E-state index contributed by atoms with van der Waals surface area (Å²) < 4.78 is 9.31. The second-order valence-corrected chi connectivity index (χ2v) is 15.6. The van der Waals surface area contributed by atoms with Crippen LogP contribution in [0.5, 0.6) is 0 Å². The Morgan fingerprint density at radius 2 is 0.871 bits per heavy atom. The van der Waals surface area contributed by atoms with Gasteiger partial charge in [-0.1, -0.05) is 164 Å². The van der Waals surface area contributed by atoms with E-state index in [9.17, 15) is 0 Å². The van der Waals surface area contributed by atoms with E-state index in [-0.39, 0.29) is 0 Å². The summed E-state index contributed by atoms with van der Waals surface area (Å²) in [6, 6.07) is 76.2. The lowest BCUT2D eigenvalue weighted by molar-refractivity contribution is 0.673. The Balaban J connectivity index is 1.07. The van der Waals surface area contributed by atoms with Crippen LogP contribution in [0.15, 0.2) is 223 Å². The zero-order valence-electron chi connectivity index (χ0n) is 33.5. The molecular formula is C57H36N4O. The number of rotatable bonds is 7. The Morgan fingerprint density at radius 1 is 0.323 bits per heavy atom. The van der Waals surface area contributed by atoms with Gasteiger partial charge >= 0.3 is 0 Å². The number of furan rings is 1. The summed E-state index contributed by atoms with van der Waals surface area (Å²) in [4.78, 5) is 15.5. The highest BCUT2D eigenvalue weighted by atomic mass is 16.3. The van der Waals surface area contributed by atoms with E-state index in [0.717, 1.165) is 93.9 Å². The van der Waals surface area contributed by atoms with Crippen LogP contribution in [0, 0.1) is 0 Å². The lowest BCUT2D eigenvalue weighted by atomic mass is 9.92. The van der Waals surface area contributed by atoms with E-state index in [1.54, 1.807) is 0 Å². The summed E-state index contributed by atoms with van der Waals surface area (Å²) in [6.45, 7) is 0. The topological polar surface area (TPSA) is 56.7 Å². The maximum atomic E-state index is 6.98. The third-order valence-electron chi connectivity index (χ3n) is 11.9. The molecule has 290 valence electrons. The van der Waals surface area contributed by atoms with Gasteiger partial charge in [-0.25, -0.2) is 15.0 Å². The molecule has 0 saturated heterocycles. The fourth-order valence-electron chi connectivity index (χ4n) is 8.91. The van der Waals surface area contributed by atoms with Gasteiger partial charge in [0.15, 0.2) is 17.5 Å². The molecule has 0 aliphatic heterocycles. The Bertz CT molecular complexity index is 3560. The van der Waals surface area contributed by atoms with E-state index in [2.05, 4.69) is 156 Å². The summed E-state index contributed by atoms with van der Waals surface area (Å²) in [5, 5.41) is 4.41. The highest BCUT2D eigenvalue weighted by molar-refractivity contribution is 6.24.